The summed E-state index contributed by atoms with van der Waals surface area (Å²) in [6.07, 6.45) is 0. The van der Waals surface area contributed by atoms with E-state index in [1.54, 1.807) is 0 Å². The molecule has 0 fully saturated rings. The van der Waals surface area contributed by atoms with Gasteiger partial charge in [-0.25, -0.2) is 0 Å². The summed E-state index contributed by atoms with van der Waals surface area (Å²) in [7, 11) is 1.00. The number of pyridine rings is 1. The minimum Gasteiger partial charge on any atom is -0.504 e. The van der Waals surface area contributed by atoms with Crippen LogP contribution in [0, 0.1) is 27.7 Å². The Balaban J connectivity index is 0.00000117. The van der Waals surface area contributed by atoms with Crippen LogP contribution in [0.3, 0.4) is 0 Å². The van der Waals surface area contributed by atoms with Gasteiger partial charge in [0.15, 0.2) is 11.5 Å². The SMILES string of the molecule is CO.Cc1nc(C)c(-c2noc(-c3cc(N)c(O)c(O)c3)n2)c(C)c1C. The van der Waals surface area contributed by atoms with Crippen LogP contribution >= 0.6 is 0 Å². The largest absolute Gasteiger partial charge is 0.504 e. The van der Waals surface area contributed by atoms with Crippen LogP contribution in [0.4, 0.5) is 5.69 Å². The number of nitrogen functional groups attached to an aromatic ring is 1. The number of aryl methyl sites for hydroxylation is 2. The lowest BCUT2D eigenvalue weighted by molar-refractivity contribution is 0.399. The summed E-state index contributed by atoms with van der Waals surface area (Å²) < 4.78 is 5.30. The van der Waals surface area contributed by atoms with Crippen LogP contribution in [-0.2, 0) is 0 Å². The van der Waals surface area contributed by atoms with E-state index >= 15 is 0 Å². The van der Waals surface area contributed by atoms with Gasteiger partial charge in [-0.1, -0.05) is 5.16 Å². The van der Waals surface area contributed by atoms with Gasteiger partial charge in [0.05, 0.1) is 5.69 Å². The predicted octanol–water partition coefficient (Wildman–Crippen LogP) is 2.63. The number of nitrogens with two attached hydrogens (primary N) is 1. The molecule has 1 aromatic carbocycles. The summed E-state index contributed by atoms with van der Waals surface area (Å²) in [6, 6.07) is 2.78. The maximum atomic E-state index is 9.69. The van der Waals surface area contributed by atoms with Crippen molar-refractivity contribution in [1.82, 2.24) is 15.1 Å². The van der Waals surface area contributed by atoms with Crippen LogP contribution in [0.2, 0.25) is 0 Å². The topological polar surface area (TPSA) is 139 Å². The highest BCUT2D eigenvalue weighted by Gasteiger charge is 2.19. The second-order valence-electron chi connectivity index (χ2n) is 5.76. The molecule has 5 N–H and O–H groups in total. The second kappa shape index (κ2) is 7.40. The third-order valence-corrected chi connectivity index (χ3v) is 4.19. The van der Waals surface area contributed by atoms with Gasteiger partial charge in [-0.3, -0.25) is 4.98 Å². The first-order chi connectivity index (χ1) is 12.3. The van der Waals surface area contributed by atoms with E-state index in [0.717, 1.165) is 35.2 Å². The third kappa shape index (κ3) is 3.31. The van der Waals surface area contributed by atoms with E-state index in [-0.39, 0.29) is 23.1 Å². The molecule has 0 radical (unpaired) electrons. The molecule has 26 heavy (non-hydrogen) atoms. The van der Waals surface area contributed by atoms with Gasteiger partial charge in [-0.15, -0.1) is 0 Å². The van der Waals surface area contributed by atoms with Gasteiger partial charge in [0.2, 0.25) is 5.82 Å². The maximum absolute atomic E-state index is 9.69. The number of phenols is 2. The van der Waals surface area contributed by atoms with Crippen molar-refractivity contribution in [3.05, 3.63) is 34.6 Å². The fourth-order valence-electron chi connectivity index (χ4n) is 2.66. The van der Waals surface area contributed by atoms with E-state index in [4.69, 9.17) is 15.4 Å². The molecular formula is C18H22N4O4. The summed E-state index contributed by atoms with van der Waals surface area (Å²) in [5, 5.41) is 30.3. The van der Waals surface area contributed by atoms with Gasteiger partial charge >= 0.3 is 0 Å². The lowest BCUT2D eigenvalue weighted by Crippen LogP contribution is -2.00. The Morgan fingerprint density at radius 1 is 0.923 bits per heavy atom. The number of rotatable bonds is 2. The summed E-state index contributed by atoms with van der Waals surface area (Å²) in [5.74, 6) is -0.0979. The molecule has 0 saturated heterocycles. The molecule has 0 aliphatic heterocycles. The van der Waals surface area contributed by atoms with Crippen molar-refractivity contribution in [1.29, 1.82) is 0 Å². The van der Waals surface area contributed by atoms with Gasteiger partial charge in [0, 0.05) is 29.6 Å². The number of aliphatic hydroxyl groups excluding tert-OH is 1. The molecular weight excluding hydrogens is 336 g/mol. The average Bonchev–Trinajstić information content (AvgIpc) is 3.08. The molecule has 0 unspecified atom stereocenters. The monoisotopic (exact) mass is 358 g/mol. The molecule has 3 aromatic rings. The fourth-order valence-corrected chi connectivity index (χ4v) is 2.66. The molecule has 3 rings (SSSR count). The Morgan fingerprint density at radius 3 is 2.19 bits per heavy atom. The number of nitrogens with zero attached hydrogens (tertiary/aromatic N) is 3. The molecule has 0 aliphatic carbocycles. The Morgan fingerprint density at radius 2 is 1.58 bits per heavy atom. The number of aromatic hydroxyl groups is 2. The van der Waals surface area contributed by atoms with Crippen molar-refractivity contribution in [2.24, 2.45) is 0 Å². The molecule has 0 amide bonds. The van der Waals surface area contributed by atoms with Crippen molar-refractivity contribution in [3.63, 3.8) is 0 Å². The number of hydrogen-bond donors (Lipinski definition) is 4. The van der Waals surface area contributed by atoms with Gasteiger partial charge in [-0.05, 0) is 51.0 Å². The Labute approximate surface area is 151 Å². The molecule has 2 heterocycles. The van der Waals surface area contributed by atoms with Gasteiger partial charge in [-0.2, -0.15) is 4.98 Å². The van der Waals surface area contributed by atoms with Crippen molar-refractivity contribution in [2.75, 3.05) is 12.8 Å². The summed E-state index contributed by atoms with van der Waals surface area (Å²) in [4.78, 5) is 8.91. The zero-order valence-corrected chi connectivity index (χ0v) is 15.3. The van der Waals surface area contributed by atoms with Crippen LogP contribution in [0.15, 0.2) is 16.7 Å². The predicted molar refractivity (Wildman–Crippen MR) is 97.8 cm³/mol. The van der Waals surface area contributed by atoms with Crippen molar-refractivity contribution in [2.45, 2.75) is 27.7 Å². The number of aromatic nitrogens is 3. The van der Waals surface area contributed by atoms with E-state index in [9.17, 15) is 10.2 Å². The molecule has 0 aliphatic rings. The molecule has 0 saturated carbocycles. The Hall–Kier alpha value is -3.13. The molecule has 8 nitrogen and oxygen atoms in total. The highest BCUT2D eigenvalue weighted by Crippen LogP contribution is 2.36. The number of benzene rings is 1. The molecule has 138 valence electrons. The standard InChI is InChI=1S/C17H18N4O3.CH4O/c1-7-8(2)14(10(4)19-9(7)3)16-20-17(24-21-16)11-5-12(18)15(23)13(22)6-11;1-2/h5-6,22-23H,18H2,1-4H3;2H,1H3. The van der Waals surface area contributed by atoms with E-state index in [0.29, 0.717) is 11.4 Å². The van der Waals surface area contributed by atoms with Crippen LogP contribution < -0.4 is 5.73 Å². The van der Waals surface area contributed by atoms with Crippen LogP contribution in [0.25, 0.3) is 22.8 Å². The van der Waals surface area contributed by atoms with Gasteiger partial charge in [0.25, 0.3) is 5.89 Å². The van der Waals surface area contributed by atoms with E-state index < -0.39 is 0 Å². The lowest BCUT2D eigenvalue weighted by Gasteiger charge is -2.10. The number of hydrogen-bond acceptors (Lipinski definition) is 8. The molecule has 2 aromatic heterocycles. The Kier molecular flexibility index (Phi) is 5.47. The first-order valence-corrected chi connectivity index (χ1v) is 7.84. The van der Waals surface area contributed by atoms with E-state index in [2.05, 4.69) is 15.1 Å². The highest BCUT2D eigenvalue weighted by molar-refractivity contribution is 5.72. The minimum absolute atomic E-state index is 0.0324. The normalized spacial score (nSPS) is 10.4. The third-order valence-electron chi connectivity index (χ3n) is 4.19. The summed E-state index contributed by atoms with van der Waals surface area (Å²) in [6.45, 7) is 7.85. The fraction of sp³-hybridized carbons (Fsp3) is 0.278. The highest BCUT2D eigenvalue weighted by atomic mass is 16.5. The molecule has 0 atom stereocenters. The maximum Gasteiger partial charge on any atom is 0.258 e. The van der Waals surface area contributed by atoms with Gasteiger partial charge in [0.1, 0.15) is 0 Å². The van der Waals surface area contributed by atoms with Crippen LogP contribution in [0.5, 0.6) is 11.5 Å². The zero-order valence-electron chi connectivity index (χ0n) is 15.3. The quantitative estimate of drug-likeness (QED) is 0.405. The summed E-state index contributed by atoms with van der Waals surface area (Å²) >= 11 is 0. The van der Waals surface area contributed by atoms with E-state index in [1.165, 1.54) is 12.1 Å². The van der Waals surface area contributed by atoms with Crippen LogP contribution in [-0.4, -0.2) is 37.6 Å². The number of aliphatic hydroxyl groups is 1. The molecule has 0 spiro atoms. The first kappa shape index (κ1) is 19.2. The van der Waals surface area contributed by atoms with Crippen molar-refractivity contribution >= 4 is 5.69 Å². The Bertz CT molecular complexity index is 928. The first-order valence-electron chi connectivity index (χ1n) is 7.84. The van der Waals surface area contributed by atoms with Crippen molar-refractivity contribution in [3.8, 4) is 34.3 Å². The van der Waals surface area contributed by atoms with E-state index in [1.807, 2.05) is 27.7 Å². The average molecular weight is 358 g/mol. The lowest BCUT2D eigenvalue weighted by atomic mass is 10.0. The minimum atomic E-state index is -0.372. The number of phenolic OH excluding ortho intramolecular Hbond substituents is 2. The van der Waals surface area contributed by atoms with Gasteiger partial charge < -0.3 is 25.6 Å². The zero-order chi connectivity index (χ0) is 19.6. The smallest absolute Gasteiger partial charge is 0.258 e. The molecule has 0 bridgehead atoms. The van der Waals surface area contributed by atoms with Crippen molar-refractivity contribution < 1.29 is 19.8 Å². The molecule has 8 heteroatoms. The second-order valence-corrected chi connectivity index (χ2v) is 5.76. The summed E-state index contributed by atoms with van der Waals surface area (Å²) in [5.41, 5.74) is 10.8. The number of anilines is 1. The van der Waals surface area contributed by atoms with Crippen LogP contribution in [0.1, 0.15) is 22.5 Å².